The topological polar surface area (TPSA) is 48.1 Å². The summed E-state index contributed by atoms with van der Waals surface area (Å²) >= 11 is 0. The van der Waals surface area contributed by atoms with Crippen LogP contribution in [0.4, 0.5) is 0 Å². The van der Waals surface area contributed by atoms with Crippen LogP contribution >= 0.6 is 0 Å². The van der Waals surface area contributed by atoms with Crippen molar-refractivity contribution in [3.63, 3.8) is 0 Å². The van der Waals surface area contributed by atoms with Crippen molar-refractivity contribution in [3.05, 3.63) is 24.0 Å². The first-order valence-electron chi connectivity index (χ1n) is 6.28. The van der Waals surface area contributed by atoms with Crippen LogP contribution in [0.25, 0.3) is 0 Å². The van der Waals surface area contributed by atoms with Gasteiger partial charge in [0.25, 0.3) is 0 Å². The molecule has 0 saturated carbocycles. The number of aromatic nitrogens is 1. The van der Waals surface area contributed by atoms with Crippen molar-refractivity contribution in [1.82, 2.24) is 4.98 Å². The Bertz CT molecular complexity index is 339. The van der Waals surface area contributed by atoms with E-state index in [1.807, 2.05) is 6.07 Å². The second kappa shape index (κ2) is 6.60. The highest BCUT2D eigenvalue weighted by Crippen LogP contribution is 2.28. The molecule has 1 aromatic heterocycles. The zero-order valence-electron chi connectivity index (χ0n) is 11.3. The van der Waals surface area contributed by atoms with Gasteiger partial charge in [-0.15, -0.1) is 0 Å². The fraction of sp³-hybridized carbons (Fsp3) is 0.643. The zero-order valence-corrected chi connectivity index (χ0v) is 11.3. The maximum atomic E-state index is 6.24. The van der Waals surface area contributed by atoms with E-state index in [4.69, 9.17) is 10.5 Å². The molecule has 3 heteroatoms. The van der Waals surface area contributed by atoms with Crippen LogP contribution in [-0.4, -0.2) is 12.1 Å². The Kier molecular flexibility index (Phi) is 5.42. The van der Waals surface area contributed by atoms with Gasteiger partial charge in [-0.3, -0.25) is 4.98 Å². The molecule has 0 saturated heterocycles. The predicted molar refractivity (Wildman–Crippen MR) is 71.0 cm³/mol. The van der Waals surface area contributed by atoms with Crippen molar-refractivity contribution >= 4 is 0 Å². The lowest BCUT2D eigenvalue weighted by atomic mass is 9.90. The van der Waals surface area contributed by atoms with Gasteiger partial charge in [-0.05, 0) is 30.7 Å². The number of nitrogens with two attached hydrogens (primary N) is 1. The van der Waals surface area contributed by atoms with Gasteiger partial charge in [0.15, 0.2) is 0 Å². The minimum atomic E-state index is 0.0294. The number of hydrogen-bond donors (Lipinski definition) is 1. The standard InChI is InChI=1S/C14H24N2O/c1-10(2)7-11(3)8-13(15)12-5-6-16-9-14(12)17-4/h5-6,9-11,13H,7-8,15H2,1-4H3. The highest BCUT2D eigenvalue weighted by atomic mass is 16.5. The number of rotatable bonds is 6. The molecular formula is C14H24N2O. The van der Waals surface area contributed by atoms with Crippen molar-refractivity contribution in [1.29, 1.82) is 0 Å². The Hall–Kier alpha value is -1.09. The summed E-state index contributed by atoms with van der Waals surface area (Å²) in [6.45, 7) is 6.75. The first-order chi connectivity index (χ1) is 8.04. The zero-order chi connectivity index (χ0) is 12.8. The molecule has 0 radical (unpaired) electrons. The van der Waals surface area contributed by atoms with Crippen molar-refractivity contribution < 1.29 is 4.74 Å². The Morgan fingerprint density at radius 1 is 1.29 bits per heavy atom. The van der Waals surface area contributed by atoms with Gasteiger partial charge in [0, 0.05) is 17.8 Å². The molecule has 1 aromatic rings. The summed E-state index contributed by atoms with van der Waals surface area (Å²) < 4.78 is 5.29. The lowest BCUT2D eigenvalue weighted by molar-refractivity contribution is 0.371. The molecule has 0 bridgehead atoms. The highest BCUT2D eigenvalue weighted by Gasteiger charge is 2.15. The van der Waals surface area contributed by atoms with Gasteiger partial charge in [-0.2, -0.15) is 0 Å². The molecule has 2 unspecified atom stereocenters. The van der Waals surface area contributed by atoms with E-state index in [-0.39, 0.29) is 6.04 Å². The number of hydrogen-bond acceptors (Lipinski definition) is 3. The van der Waals surface area contributed by atoms with Crippen LogP contribution in [0, 0.1) is 11.8 Å². The van der Waals surface area contributed by atoms with E-state index >= 15 is 0 Å². The molecule has 0 aliphatic rings. The summed E-state index contributed by atoms with van der Waals surface area (Å²) in [7, 11) is 1.66. The number of methoxy groups -OCH3 is 1. The normalized spacial score (nSPS) is 14.7. The monoisotopic (exact) mass is 236 g/mol. The van der Waals surface area contributed by atoms with Gasteiger partial charge in [0.2, 0.25) is 0 Å². The number of ether oxygens (including phenoxy) is 1. The second-order valence-electron chi connectivity index (χ2n) is 5.19. The van der Waals surface area contributed by atoms with Crippen LogP contribution in [0.3, 0.4) is 0 Å². The van der Waals surface area contributed by atoms with Gasteiger partial charge in [-0.1, -0.05) is 20.8 Å². The molecule has 3 nitrogen and oxygen atoms in total. The SMILES string of the molecule is COc1cnccc1C(N)CC(C)CC(C)C. The molecule has 2 atom stereocenters. The van der Waals surface area contributed by atoms with Crippen LogP contribution in [0.15, 0.2) is 18.5 Å². The second-order valence-corrected chi connectivity index (χ2v) is 5.19. The molecule has 96 valence electrons. The molecule has 2 N–H and O–H groups in total. The molecule has 0 aliphatic carbocycles. The third-order valence-corrected chi connectivity index (χ3v) is 2.97. The fourth-order valence-corrected chi connectivity index (χ4v) is 2.33. The average Bonchev–Trinajstić information content (AvgIpc) is 2.27. The Labute approximate surface area is 104 Å². The van der Waals surface area contributed by atoms with Gasteiger partial charge in [0.1, 0.15) is 5.75 Å². The fourth-order valence-electron chi connectivity index (χ4n) is 2.33. The van der Waals surface area contributed by atoms with Crippen LogP contribution in [0.2, 0.25) is 0 Å². The number of pyridine rings is 1. The smallest absolute Gasteiger partial charge is 0.141 e. The van der Waals surface area contributed by atoms with Crippen molar-refractivity contribution in [3.8, 4) is 5.75 Å². The first kappa shape index (κ1) is 14.0. The van der Waals surface area contributed by atoms with E-state index in [0.29, 0.717) is 5.92 Å². The summed E-state index contributed by atoms with van der Waals surface area (Å²) in [5.41, 5.74) is 7.29. The van der Waals surface area contributed by atoms with Crippen LogP contribution < -0.4 is 10.5 Å². The molecule has 0 aliphatic heterocycles. The van der Waals surface area contributed by atoms with E-state index in [2.05, 4.69) is 25.8 Å². The van der Waals surface area contributed by atoms with E-state index in [9.17, 15) is 0 Å². The lowest BCUT2D eigenvalue weighted by Crippen LogP contribution is -2.16. The summed E-state index contributed by atoms with van der Waals surface area (Å²) in [6, 6.07) is 1.98. The average molecular weight is 236 g/mol. The van der Waals surface area contributed by atoms with Gasteiger partial charge < -0.3 is 10.5 Å². The van der Waals surface area contributed by atoms with E-state index < -0.39 is 0 Å². The maximum Gasteiger partial charge on any atom is 0.141 e. The van der Waals surface area contributed by atoms with Crippen LogP contribution in [0.5, 0.6) is 5.75 Å². The van der Waals surface area contributed by atoms with Crippen LogP contribution in [0.1, 0.15) is 45.2 Å². The number of nitrogens with zero attached hydrogens (tertiary/aromatic N) is 1. The molecule has 1 rings (SSSR count). The Morgan fingerprint density at radius 2 is 2.00 bits per heavy atom. The third-order valence-electron chi connectivity index (χ3n) is 2.97. The van der Waals surface area contributed by atoms with Crippen molar-refractivity contribution in [2.75, 3.05) is 7.11 Å². The van der Waals surface area contributed by atoms with E-state index in [1.165, 1.54) is 6.42 Å². The van der Waals surface area contributed by atoms with E-state index in [0.717, 1.165) is 23.7 Å². The minimum absolute atomic E-state index is 0.0294. The maximum absolute atomic E-state index is 6.24. The van der Waals surface area contributed by atoms with Gasteiger partial charge in [-0.25, -0.2) is 0 Å². The van der Waals surface area contributed by atoms with Crippen molar-refractivity contribution in [2.24, 2.45) is 17.6 Å². The highest BCUT2D eigenvalue weighted by molar-refractivity contribution is 5.32. The summed E-state index contributed by atoms with van der Waals surface area (Å²) in [6.07, 6.45) is 5.69. The Morgan fingerprint density at radius 3 is 2.59 bits per heavy atom. The molecule has 0 spiro atoms. The predicted octanol–water partition coefficient (Wildman–Crippen LogP) is 3.16. The first-order valence-corrected chi connectivity index (χ1v) is 6.28. The lowest BCUT2D eigenvalue weighted by Gasteiger charge is -2.20. The van der Waals surface area contributed by atoms with Gasteiger partial charge in [0.05, 0.1) is 13.3 Å². The molecule has 0 amide bonds. The molecule has 0 aromatic carbocycles. The molecule has 0 fully saturated rings. The summed E-state index contributed by atoms with van der Waals surface area (Å²) in [5.74, 6) is 2.14. The summed E-state index contributed by atoms with van der Waals surface area (Å²) in [4.78, 5) is 4.05. The third kappa shape index (κ3) is 4.35. The van der Waals surface area contributed by atoms with Crippen LogP contribution in [-0.2, 0) is 0 Å². The molecule has 1 heterocycles. The van der Waals surface area contributed by atoms with E-state index in [1.54, 1.807) is 19.5 Å². The quantitative estimate of drug-likeness (QED) is 0.825. The van der Waals surface area contributed by atoms with Crippen molar-refractivity contribution in [2.45, 2.75) is 39.7 Å². The van der Waals surface area contributed by atoms with Gasteiger partial charge >= 0.3 is 0 Å². The largest absolute Gasteiger partial charge is 0.495 e. The Balaban J connectivity index is 2.65. The molecular weight excluding hydrogens is 212 g/mol. The molecule has 17 heavy (non-hydrogen) atoms. The minimum Gasteiger partial charge on any atom is -0.495 e. The summed E-state index contributed by atoms with van der Waals surface area (Å²) in [5, 5.41) is 0.